The van der Waals surface area contributed by atoms with Crippen LogP contribution in [0.15, 0.2) is 24.3 Å². The Morgan fingerprint density at radius 3 is 2.14 bits per heavy atom. The van der Waals surface area contributed by atoms with Crippen LogP contribution in [0.3, 0.4) is 0 Å². The van der Waals surface area contributed by atoms with Gasteiger partial charge < -0.3 is 9.80 Å². The molecule has 0 N–H and O–H groups in total. The van der Waals surface area contributed by atoms with E-state index in [0.29, 0.717) is 30.2 Å². The maximum Gasteiger partial charge on any atom is 0.255 e. The fraction of sp³-hybridized carbons (Fsp3) is 0.619. The SMILES string of the molecule is O=C(CN1CCN(C(=O)c2ccccc2Cl)CC1)N1CCN(C2CCC2)CC1. The molecule has 2 heterocycles. The molecular formula is C21H29ClN4O2. The molecule has 0 spiro atoms. The summed E-state index contributed by atoms with van der Waals surface area (Å²) in [6, 6.07) is 7.94. The average Bonchev–Trinajstić information content (AvgIpc) is 2.68. The molecule has 7 heteroatoms. The molecule has 2 aliphatic heterocycles. The minimum atomic E-state index is -0.0244. The summed E-state index contributed by atoms with van der Waals surface area (Å²) in [4.78, 5) is 33.9. The van der Waals surface area contributed by atoms with Gasteiger partial charge in [0, 0.05) is 58.4 Å². The molecule has 1 aromatic rings. The summed E-state index contributed by atoms with van der Waals surface area (Å²) in [5.41, 5.74) is 0.554. The molecule has 152 valence electrons. The molecule has 2 amide bonds. The molecule has 0 atom stereocenters. The van der Waals surface area contributed by atoms with Gasteiger partial charge in [-0.15, -0.1) is 0 Å². The van der Waals surface area contributed by atoms with Crippen molar-refractivity contribution in [2.24, 2.45) is 0 Å². The standard InChI is InChI=1S/C21H29ClN4O2/c22-19-7-2-1-6-18(19)21(28)26-10-8-23(9-11-26)16-20(27)25-14-12-24(13-15-25)17-4-3-5-17/h1-2,6-7,17H,3-5,8-16H2. The van der Waals surface area contributed by atoms with Crippen LogP contribution in [0.25, 0.3) is 0 Å². The number of hydrogen-bond acceptors (Lipinski definition) is 4. The van der Waals surface area contributed by atoms with Gasteiger partial charge in [0.2, 0.25) is 5.91 Å². The van der Waals surface area contributed by atoms with Gasteiger partial charge in [-0.05, 0) is 25.0 Å². The molecular weight excluding hydrogens is 376 g/mol. The van der Waals surface area contributed by atoms with Crippen molar-refractivity contribution in [3.05, 3.63) is 34.9 Å². The summed E-state index contributed by atoms with van der Waals surface area (Å²) < 4.78 is 0. The third-order valence-electron chi connectivity index (χ3n) is 6.38. The Morgan fingerprint density at radius 1 is 0.893 bits per heavy atom. The quantitative estimate of drug-likeness (QED) is 0.767. The average molecular weight is 405 g/mol. The van der Waals surface area contributed by atoms with Crippen molar-refractivity contribution in [3.63, 3.8) is 0 Å². The maximum absolute atomic E-state index is 12.7. The summed E-state index contributed by atoms with van der Waals surface area (Å²) in [6.07, 6.45) is 4.01. The van der Waals surface area contributed by atoms with Crippen LogP contribution >= 0.6 is 11.6 Å². The first kappa shape index (κ1) is 19.7. The Balaban J connectivity index is 1.21. The number of carbonyl (C=O) groups excluding carboxylic acids is 2. The van der Waals surface area contributed by atoms with E-state index in [1.165, 1.54) is 19.3 Å². The molecule has 0 bridgehead atoms. The number of benzene rings is 1. The van der Waals surface area contributed by atoms with E-state index >= 15 is 0 Å². The number of piperazine rings is 2. The molecule has 4 rings (SSSR count). The van der Waals surface area contributed by atoms with E-state index in [4.69, 9.17) is 11.6 Å². The Hall–Kier alpha value is -1.63. The first-order valence-electron chi connectivity index (χ1n) is 10.4. The zero-order chi connectivity index (χ0) is 19.5. The number of nitrogens with zero attached hydrogens (tertiary/aromatic N) is 4. The lowest BCUT2D eigenvalue weighted by Crippen LogP contribution is -2.56. The molecule has 28 heavy (non-hydrogen) atoms. The van der Waals surface area contributed by atoms with E-state index < -0.39 is 0 Å². The lowest BCUT2D eigenvalue weighted by Gasteiger charge is -2.43. The van der Waals surface area contributed by atoms with Gasteiger partial charge >= 0.3 is 0 Å². The molecule has 1 saturated carbocycles. The predicted molar refractivity (Wildman–Crippen MR) is 110 cm³/mol. The highest BCUT2D eigenvalue weighted by atomic mass is 35.5. The van der Waals surface area contributed by atoms with E-state index in [1.807, 2.05) is 21.9 Å². The molecule has 3 aliphatic rings. The smallest absolute Gasteiger partial charge is 0.255 e. The normalized spacial score (nSPS) is 22.2. The molecule has 1 aromatic carbocycles. The van der Waals surface area contributed by atoms with Gasteiger partial charge in [0.1, 0.15) is 0 Å². The van der Waals surface area contributed by atoms with Gasteiger partial charge in [-0.2, -0.15) is 0 Å². The van der Waals surface area contributed by atoms with Gasteiger partial charge in [-0.25, -0.2) is 0 Å². The number of halogens is 1. The summed E-state index contributed by atoms with van der Waals surface area (Å²) in [7, 11) is 0. The highest BCUT2D eigenvalue weighted by Gasteiger charge is 2.30. The molecule has 0 unspecified atom stereocenters. The second-order valence-electron chi connectivity index (χ2n) is 8.05. The van der Waals surface area contributed by atoms with Crippen LogP contribution < -0.4 is 0 Å². The van der Waals surface area contributed by atoms with Crippen LogP contribution in [0.4, 0.5) is 0 Å². The second kappa shape index (κ2) is 8.80. The van der Waals surface area contributed by atoms with E-state index in [1.54, 1.807) is 12.1 Å². The number of rotatable bonds is 4. The number of carbonyl (C=O) groups is 2. The summed E-state index contributed by atoms with van der Waals surface area (Å²) in [6.45, 7) is 6.89. The molecule has 3 fully saturated rings. The van der Waals surface area contributed by atoms with Gasteiger partial charge in [-0.1, -0.05) is 30.2 Å². The van der Waals surface area contributed by atoms with Crippen molar-refractivity contribution in [1.82, 2.24) is 19.6 Å². The van der Waals surface area contributed by atoms with E-state index in [9.17, 15) is 9.59 Å². The van der Waals surface area contributed by atoms with Crippen LogP contribution in [-0.4, -0.2) is 96.4 Å². The van der Waals surface area contributed by atoms with Crippen molar-refractivity contribution in [2.75, 3.05) is 58.9 Å². The van der Waals surface area contributed by atoms with Crippen molar-refractivity contribution in [3.8, 4) is 0 Å². The molecule has 0 radical (unpaired) electrons. The summed E-state index contributed by atoms with van der Waals surface area (Å²) in [5.74, 6) is 0.197. The van der Waals surface area contributed by atoms with Crippen LogP contribution in [0.1, 0.15) is 29.6 Å². The van der Waals surface area contributed by atoms with Gasteiger partial charge in [0.15, 0.2) is 0 Å². The van der Waals surface area contributed by atoms with Gasteiger partial charge in [0.25, 0.3) is 5.91 Å². The lowest BCUT2D eigenvalue weighted by molar-refractivity contribution is -0.135. The first-order chi connectivity index (χ1) is 13.6. The summed E-state index contributed by atoms with van der Waals surface area (Å²) in [5, 5.41) is 0.492. The van der Waals surface area contributed by atoms with E-state index in [2.05, 4.69) is 9.80 Å². The van der Waals surface area contributed by atoms with Crippen LogP contribution in [0.5, 0.6) is 0 Å². The minimum Gasteiger partial charge on any atom is -0.339 e. The van der Waals surface area contributed by atoms with Crippen molar-refractivity contribution >= 4 is 23.4 Å². The first-order valence-corrected chi connectivity index (χ1v) is 10.8. The summed E-state index contributed by atoms with van der Waals surface area (Å²) >= 11 is 6.15. The number of amides is 2. The molecule has 6 nitrogen and oxygen atoms in total. The van der Waals surface area contributed by atoms with Crippen LogP contribution in [0, 0.1) is 0 Å². The lowest BCUT2D eigenvalue weighted by atomic mass is 9.91. The third-order valence-corrected chi connectivity index (χ3v) is 6.71. The highest BCUT2D eigenvalue weighted by molar-refractivity contribution is 6.33. The Morgan fingerprint density at radius 2 is 1.54 bits per heavy atom. The second-order valence-corrected chi connectivity index (χ2v) is 8.46. The molecule has 1 aliphatic carbocycles. The van der Waals surface area contributed by atoms with E-state index in [0.717, 1.165) is 45.3 Å². The maximum atomic E-state index is 12.7. The van der Waals surface area contributed by atoms with Gasteiger partial charge in [0.05, 0.1) is 17.1 Å². The Kier molecular flexibility index (Phi) is 6.19. The molecule has 2 saturated heterocycles. The van der Waals surface area contributed by atoms with E-state index in [-0.39, 0.29) is 11.8 Å². The fourth-order valence-corrected chi connectivity index (χ4v) is 4.51. The molecule has 0 aromatic heterocycles. The third kappa shape index (κ3) is 4.34. The topological polar surface area (TPSA) is 47.1 Å². The van der Waals surface area contributed by atoms with Gasteiger partial charge in [-0.3, -0.25) is 19.4 Å². The van der Waals surface area contributed by atoms with Crippen LogP contribution in [0.2, 0.25) is 5.02 Å². The Bertz CT molecular complexity index is 708. The zero-order valence-electron chi connectivity index (χ0n) is 16.4. The number of hydrogen-bond donors (Lipinski definition) is 0. The van der Waals surface area contributed by atoms with Crippen molar-refractivity contribution in [1.29, 1.82) is 0 Å². The minimum absolute atomic E-state index is 0.0244. The van der Waals surface area contributed by atoms with Crippen molar-refractivity contribution in [2.45, 2.75) is 25.3 Å². The van der Waals surface area contributed by atoms with Crippen LogP contribution in [-0.2, 0) is 4.79 Å². The zero-order valence-corrected chi connectivity index (χ0v) is 17.1. The van der Waals surface area contributed by atoms with Crippen molar-refractivity contribution < 1.29 is 9.59 Å². The monoisotopic (exact) mass is 404 g/mol. The largest absolute Gasteiger partial charge is 0.339 e. The fourth-order valence-electron chi connectivity index (χ4n) is 4.29. The highest BCUT2D eigenvalue weighted by Crippen LogP contribution is 2.25. The Labute approximate surface area is 172 Å². The predicted octanol–water partition coefficient (Wildman–Crippen LogP) is 1.79.